The largest absolute Gasteiger partial charge is 0.348 e. The number of Topliss-reactive ketones (excluding diaryl/α,β-unsaturated/α-hetero) is 1. The normalized spacial score (nSPS) is 10.7. The zero-order chi connectivity index (χ0) is 12.3. The van der Waals surface area contributed by atoms with Crippen molar-refractivity contribution in [2.24, 2.45) is 0 Å². The molecule has 0 radical (unpaired) electrons. The van der Waals surface area contributed by atoms with Gasteiger partial charge in [-0.2, -0.15) is 0 Å². The molecule has 0 bridgehead atoms. The Morgan fingerprint density at radius 2 is 2.35 bits per heavy atom. The number of aryl methyl sites for hydroxylation is 1. The van der Waals surface area contributed by atoms with Crippen molar-refractivity contribution in [3.63, 3.8) is 0 Å². The Bertz CT molecular complexity index is 513. The number of carbonyl (C=O) groups is 1. The molecule has 0 spiro atoms. The fraction of sp³-hybridized carbons (Fsp3) is 0.385. The first-order valence-electron chi connectivity index (χ1n) is 5.79. The van der Waals surface area contributed by atoms with Crippen LogP contribution >= 0.6 is 11.3 Å². The van der Waals surface area contributed by atoms with Gasteiger partial charge in [-0.1, -0.05) is 6.92 Å². The van der Waals surface area contributed by atoms with Crippen LogP contribution in [0.15, 0.2) is 24.7 Å². The Morgan fingerprint density at radius 1 is 1.53 bits per heavy atom. The molecular formula is C13H16N2OS. The molecule has 90 valence electrons. The maximum atomic E-state index is 11.7. The van der Waals surface area contributed by atoms with E-state index in [1.54, 1.807) is 11.3 Å². The number of rotatable bonds is 5. The van der Waals surface area contributed by atoms with E-state index in [2.05, 4.69) is 4.98 Å². The molecule has 0 saturated heterocycles. The molecule has 17 heavy (non-hydrogen) atoms. The summed E-state index contributed by atoms with van der Waals surface area (Å²) in [7, 11) is 0. The fourth-order valence-electron chi connectivity index (χ4n) is 1.73. The van der Waals surface area contributed by atoms with E-state index < -0.39 is 0 Å². The first-order valence-corrected chi connectivity index (χ1v) is 6.61. The van der Waals surface area contributed by atoms with Crippen molar-refractivity contribution in [1.82, 2.24) is 9.55 Å². The van der Waals surface area contributed by atoms with E-state index in [0.29, 0.717) is 6.42 Å². The van der Waals surface area contributed by atoms with Gasteiger partial charge in [0, 0.05) is 35.5 Å². The second-order valence-corrected chi connectivity index (χ2v) is 5.41. The Labute approximate surface area is 105 Å². The summed E-state index contributed by atoms with van der Waals surface area (Å²) in [4.78, 5) is 17.1. The maximum Gasteiger partial charge on any atom is 0.164 e. The third-order valence-corrected chi connectivity index (χ3v) is 3.45. The van der Waals surface area contributed by atoms with Gasteiger partial charge in [0.15, 0.2) is 5.78 Å². The Morgan fingerprint density at radius 3 is 3.00 bits per heavy atom. The number of ketones is 1. The van der Waals surface area contributed by atoms with Crippen molar-refractivity contribution in [2.75, 3.05) is 0 Å². The van der Waals surface area contributed by atoms with E-state index in [1.807, 2.05) is 43.1 Å². The Hall–Kier alpha value is -1.42. The van der Waals surface area contributed by atoms with E-state index >= 15 is 0 Å². The van der Waals surface area contributed by atoms with Crippen LogP contribution in [0, 0.1) is 6.92 Å². The third kappa shape index (κ3) is 3.03. The quantitative estimate of drug-likeness (QED) is 0.761. The third-order valence-electron chi connectivity index (χ3n) is 2.56. The lowest BCUT2D eigenvalue weighted by Crippen LogP contribution is -1.97. The molecule has 2 heterocycles. The molecule has 0 unspecified atom stereocenters. The lowest BCUT2D eigenvalue weighted by atomic mass is 10.1. The van der Waals surface area contributed by atoms with Gasteiger partial charge in [0.25, 0.3) is 0 Å². The highest BCUT2D eigenvalue weighted by Gasteiger charge is 2.07. The highest BCUT2D eigenvalue weighted by molar-refractivity contribution is 7.11. The average Bonchev–Trinajstić information content (AvgIpc) is 2.89. The molecule has 0 saturated carbocycles. The number of hydrogen-bond donors (Lipinski definition) is 0. The standard InChI is InChI=1S/C13H16N2OS/c1-3-4-13(16)11-5-6-15(8-11)9-12-7-14-10(2)17-12/h5-8H,3-4,9H2,1-2H3. The lowest BCUT2D eigenvalue weighted by molar-refractivity contribution is 0.0981. The molecule has 3 nitrogen and oxygen atoms in total. The zero-order valence-corrected chi connectivity index (χ0v) is 11.0. The SMILES string of the molecule is CCCC(=O)c1ccn(Cc2cnc(C)s2)c1. The predicted molar refractivity (Wildman–Crippen MR) is 69.6 cm³/mol. The van der Waals surface area contributed by atoms with E-state index in [-0.39, 0.29) is 5.78 Å². The summed E-state index contributed by atoms with van der Waals surface area (Å²) >= 11 is 1.69. The molecule has 2 aromatic heterocycles. The van der Waals surface area contributed by atoms with Crippen LogP contribution < -0.4 is 0 Å². The smallest absolute Gasteiger partial charge is 0.164 e. The van der Waals surface area contributed by atoms with E-state index in [9.17, 15) is 4.79 Å². The van der Waals surface area contributed by atoms with Crippen molar-refractivity contribution in [1.29, 1.82) is 0 Å². The van der Waals surface area contributed by atoms with E-state index in [0.717, 1.165) is 23.5 Å². The van der Waals surface area contributed by atoms with E-state index in [4.69, 9.17) is 0 Å². The highest BCUT2D eigenvalue weighted by atomic mass is 32.1. The van der Waals surface area contributed by atoms with Crippen LogP contribution in [0.5, 0.6) is 0 Å². The van der Waals surface area contributed by atoms with Gasteiger partial charge < -0.3 is 4.57 Å². The second kappa shape index (κ2) is 5.27. The van der Waals surface area contributed by atoms with Gasteiger partial charge in [0.2, 0.25) is 0 Å². The maximum absolute atomic E-state index is 11.7. The van der Waals surface area contributed by atoms with Crippen LogP contribution in [-0.2, 0) is 6.54 Å². The van der Waals surface area contributed by atoms with Crippen molar-refractivity contribution in [2.45, 2.75) is 33.2 Å². The van der Waals surface area contributed by atoms with Gasteiger partial charge >= 0.3 is 0 Å². The van der Waals surface area contributed by atoms with Gasteiger partial charge in [-0.3, -0.25) is 4.79 Å². The molecule has 2 aromatic rings. The lowest BCUT2D eigenvalue weighted by Gasteiger charge is -1.98. The van der Waals surface area contributed by atoms with Crippen LogP contribution in [0.4, 0.5) is 0 Å². The van der Waals surface area contributed by atoms with Crippen molar-refractivity contribution >= 4 is 17.1 Å². The molecule has 0 fully saturated rings. The van der Waals surface area contributed by atoms with Gasteiger partial charge in [-0.25, -0.2) is 4.98 Å². The van der Waals surface area contributed by atoms with E-state index in [1.165, 1.54) is 4.88 Å². The summed E-state index contributed by atoms with van der Waals surface area (Å²) in [6.07, 6.45) is 7.31. The minimum absolute atomic E-state index is 0.228. The second-order valence-electron chi connectivity index (χ2n) is 4.09. The molecule has 0 amide bonds. The van der Waals surface area contributed by atoms with Crippen molar-refractivity contribution in [3.8, 4) is 0 Å². The summed E-state index contributed by atoms with van der Waals surface area (Å²) in [6.45, 7) is 4.82. The van der Waals surface area contributed by atoms with Gasteiger partial charge in [-0.05, 0) is 19.4 Å². The van der Waals surface area contributed by atoms with Gasteiger partial charge in [0.1, 0.15) is 0 Å². The summed E-state index contributed by atoms with van der Waals surface area (Å²) in [5, 5.41) is 1.08. The minimum atomic E-state index is 0.228. The Kier molecular flexibility index (Phi) is 3.74. The number of aromatic nitrogens is 2. The highest BCUT2D eigenvalue weighted by Crippen LogP contribution is 2.14. The van der Waals surface area contributed by atoms with Crippen molar-refractivity contribution < 1.29 is 4.79 Å². The van der Waals surface area contributed by atoms with Crippen LogP contribution in [0.3, 0.4) is 0 Å². The molecule has 0 aliphatic rings. The molecule has 4 heteroatoms. The molecule has 0 aliphatic heterocycles. The summed E-state index contributed by atoms with van der Waals surface area (Å²) in [5.41, 5.74) is 0.813. The predicted octanol–water partition coefficient (Wildman–Crippen LogP) is 3.28. The topological polar surface area (TPSA) is 34.9 Å². The van der Waals surface area contributed by atoms with Crippen LogP contribution in [0.25, 0.3) is 0 Å². The molecule has 0 aliphatic carbocycles. The minimum Gasteiger partial charge on any atom is -0.348 e. The number of nitrogens with zero attached hydrogens (tertiary/aromatic N) is 2. The molecule has 0 atom stereocenters. The molecule has 0 aromatic carbocycles. The average molecular weight is 248 g/mol. The summed E-state index contributed by atoms with van der Waals surface area (Å²) in [6, 6.07) is 1.89. The van der Waals surface area contributed by atoms with Crippen molar-refractivity contribution in [3.05, 3.63) is 40.1 Å². The van der Waals surface area contributed by atoms with Crippen LogP contribution in [0.2, 0.25) is 0 Å². The summed E-state index contributed by atoms with van der Waals surface area (Å²) < 4.78 is 2.04. The molecule has 0 N–H and O–H groups in total. The number of hydrogen-bond acceptors (Lipinski definition) is 3. The first kappa shape index (κ1) is 12.0. The molecular weight excluding hydrogens is 232 g/mol. The summed E-state index contributed by atoms with van der Waals surface area (Å²) in [5.74, 6) is 0.228. The fourth-order valence-corrected chi connectivity index (χ4v) is 2.54. The van der Waals surface area contributed by atoms with Gasteiger partial charge in [0.05, 0.1) is 11.6 Å². The monoisotopic (exact) mass is 248 g/mol. The number of carbonyl (C=O) groups excluding carboxylic acids is 1. The zero-order valence-electron chi connectivity index (χ0n) is 10.1. The molecule has 2 rings (SSSR count). The first-order chi connectivity index (χ1) is 8.19. The van der Waals surface area contributed by atoms with Crippen LogP contribution in [0.1, 0.15) is 40.0 Å². The Balaban J connectivity index is 2.06. The van der Waals surface area contributed by atoms with Gasteiger partial charge in [-0.15, -0.1) is 11.3 Å². The van der Waals surface area contributed by atoms with Crippen LogP contribution in [-0.4, -0.2) is 15.3 Å². The number of thiazole rings is 1.